The molecule has 0 aliphatic heterocycles. The third-order valence-corrected chi connectivity index (χ3v) is 10.7. The molecule has 22 nitrogen and oxygen atoms in total. The molecule has 4 aromatic heterocycles. The summed E-state index contributed by atoms with van der Waals surface area (Å²) < 4.78 is 11.2. The molecule has 0 saturated heterocycles. The molecule has 6 aromatic rings. The number of ether oxygens (including phenoxy) is 2. The van der Waals surface area contributed by atoms with Gasteiger partial charge in [0.15, 0.2) is 11.6 Å². The van der Waals surface area contributed by atoms with E-state index in [0.717, 1.165) is 82.0 Å². The number of unbranched alkanes of at least 4 members (excludes halogenated alkanes) is 2. The second-order valence-electron chi connectivity index (χ2n) is 15.8. The number of aryl methyl sites for hydroxylation is 2. The van der Waals surface area contributed by atoms with Crippen molar-refractivity contribution in [3.63, 3.8) is 0 Å². The summed E-state index contributed by atoms with van der Waals surface area (Å²) in [6.45, 7) is 7.88. The van der Waals surface area contributed by atoms with Crippen molar-refractivity contribution >= 4 is 35.5 Å². The molecule has 1 unspecified atom stereocenters. The van der Waals surface area contributed by atoms with Crippen LogP contribution in [0.25, 0.3) is 0 Å². The van der Waals surface area contributed by atoms with Gasteiger partial charge in [0.1, 0.15) is 23.1 Å². The minimum Gasteiger partial charge on any atom is -0.496 e. The third kappa shape index (κ3) is 14.8. The van der Waals surface area contributed by atoms with Crippen LogP contribution in [-0.2, 0) is 35.3 Å². The van der Waals surface area contributed by atoms with Crippen molar-refractivity contribution in [2.45, 2.75) is 117 Å². The molecule has 0 amide bonds. The number of nitrogens with two attached hydrogens (primary N) is 2. The van der Waals surface area contributed by atoms with Gasteiger partial charge in [0.2, 0.25) is 11.9 Å². The average Bonchev–Trinajstić information content (AvgIpc) is 3.99. The van der Waals surface area contributed by atoms with Crippen molar-refractivity contribution in [3.8, 4) is 11.5 Å². The van der Waals surface area contributed by atoms with Crippen LogP contribution in [0.5, 0.6) is 11.5 Å². The molecule has 6 rings (SSSR count). The molecule has 2 aromatic carbocycles. The molecule has 0 bridgehead atoms. The number of nitrogens with one attached hydrogen (secondary N) is 4. The highest BCUT2D eigenvalue weighted by Crippen LogP contribution is 2.31. The van der Waals surface area contributed by atoms with E-state index in [1.807, 2.05) is 50.2 Å². The summed E-state index contributed by atoms with van der Waals surface area (Å²) in [6, 6.07) is 11.2. The van der Waals surface area contributed by atoms with Gasteiger partial charge in [-0.05, 0) is 61.1 Å². The van der Waals surface area contributed by atoms with E-state index in [-0.39, 0.29) is 36.8 Å². The van der Waals surface area contributed by atoms with E-state index in [1.54, 1.807) is 14.2 Å². The lowest BCUT2D eigenvalue weighted by Gasteiger charge is -2.21. The molecule has 10 N–H and O–H groups in total. The van der Waals surface area contributed by atoms with E-state index < -0.39 is 11.9 Å². The highest BCUT2D eigenvalue weighted by atomic mass is 16.5. The van der Waals surface area contributed by atoms with Gasteiger partial charge >= 0.3 is 11.9 Å². The molecule has 2 atom stereocenters. The van der Waals surface area contributed by atoms with Crippen molar-refractivity contribution in [3.05, 3.63) is 92.8 Å². The maximum absolute atomic E-state index is 11.4. The summed E-state index contributed by atoms with van der Waals surface area (Å²) in [6.07, 6.45) is 7.18. The number of benzene rings is 2. The summed E-state index contributed by atoms with van der Waals surface area (Å²) in [5, 5.41) is 53.5. The standard InChI is InChI=1S/2C22H30N8O3/c2*1-4-5-6-16(12-20(31)32)25-21-17(13(2)24-22(23)26-21)11-15-9-14(7-8-18(15)33-3)10-19-27-29-30-28-19/h2*7-9,16H,4-6,10-12H2,1-3H3,(H,31,32)(H3,23,24,25,26)(H,27,28,29,30)/t16-;/m1./s1. The number of carboxylic acid groups (broad SMARTS) is 2. The Morgan fingerprint density at radius 2 is 1.06 bits per heavy atom. The van der Waals surface area contributed by atoms with Crippen LogP contribution in [-0.4, -0.2) is 110 Å². The number of nitrogens with zero attached hydrogens (tertiary/aromatic N) is 10. The number of methoxy groups -OCH3 is 2. The predicted octanol–water partition coefficient (Wildman–Crippen LogP) is 5.03. The smallest absolute Gasteiger partial charge is 0.305 e. The molecule has 0 aliphatic rings. The van der Waals surface area contributed by atoms with Crippen molar-refractivity contribution in [2.24, 2.45) is 0 Å². The Balaban J connectivity index is 0.000000247. The van der Waals surface area contributed by atoms with Gasteiger partial charge in [0, 0.05) is 60.3 Å². The first-order valence-electron chi connectivity index (χ1n) is 21.8. The molecular weight excluding hydrogens is 849 g/mol. The van der Waals surface area contributed by atoms with Crippen LogP contribution < -0.4 is 31.6 Å². The Kier molecular flexibility index (Phi) is 18.4. The first-order chi connectivity index (χ1) is 31.8. The largest absolute Gasteiger partial charge is 0.496 e. The molecule has 0 radical (unpaired) electrons. The first kappa shape index (κ1) is 49.5. The fourth-order valence-electron chi connectivity index (χ4n) is 7.48. The van der Waals surface area contributed by atoms with Gasteiger partial charge in [-0.2, -0.15) is 20.4 Å². The highest BCUT2D eigenvalue weighted by molar-refractivity contribution is 5.69. The second kappa shape index (κ2) is 24.5. The van der Waals surface area contributed by atoms with Crippen LogP contribution in [0.4, 0.5) is 23.5 Å². The van der Waals surface area contributed by atoms with Crippen LogP contribution in [0.1, 0.15) is 122 Å². The fourth-order valence-corrected chi connectivity index (χ4v) is 7.48. The number of carboxylic acids is 2. The van der Waals surface area contributed by atoms with Gasteiger partial charge in [0.25, 0.3) is 0 Å². The van der Waals surface area contributed by atoms with Crippen LogP contribution in [0.3, 0.4) is 0 Å². The predicted molar refractivity (Wildman–Crippen MR) is 246 cm³/mol. The Morgan fingerprint density at radius 1 is 0.652 bits per heavy atom. The molecule has 66 heavy (non-hydrogen) atoms. The zero-order valence-corrected chi connectivity index (χ0v) is 38.3. The lowest BCUT2D eigenvalue weighted by atomic mass is 9.99. The van der Waals surface area contributed by atoms with Crippen molar-refractivity contribution < 1.29 is 29.3 Å². The van der Waals surface area contributed by atoms with E-state index in [0.29, 0.717) is 61.8 Å². The van der Waals surface area contributed by atoms with Gasteiger partial charge < -0.3 is 41.8 Å². The number of aromatic amines is 2. The zero-order chi connectivity index (χ0) is 47.6. The lowest BCUT2D eigenvalue weighted by molar-refractivity contribution is -0.138. The third-order valence-electron chi connectivity index (χ3n) is 10.7. The number of carbonyl (C=O) groups is 2. The summed E-state index contributed by atoms with van der Waals surface area (Å²) in [5.41, 5.74) is 18.8. The molecule has 0 aliphatic carbocycles. The Hall–Kier alpha value is -7.52. The SMILES string of the molecule is CCCCC(CC(=O)O)Nc1nc(N)nc(C)c1Cc1cc(Cc2nn[nH]n2)ccc1OC.CCCC[C@H](CC(=O)O)Nc1nc(N)nc(C)c1Cc1cc(Cc2nn[nH]n2)ccc1OC. The van der Waals surface area contributed by atoms with E-state index in [1.165, 1.54) is 0 Å². The summed E-state index contributed by atoms with van der Waals surface area (Å²) in [4.78, 5) is 40.3. The van der Waals surface area contributed by atoms with Gasteiger partial charge in [-0.15, -0.1) is 20.4 Å². The van der Waals surface area contributed by atoms with Crippen LogP contribution in [0.2, 0.25) is 0 Å². The number of hydrogen-bond acceptors (Lipinski definition) is 18. The number of rotatable bonds is 24. The second-order valence-corrected chi connectivity index (χ2v) is 15.8. The maximum atomic E-state index is 11.4. The molecular formula is C44H60N16O6. The van der Waals surface area contributed by atoms with E-state index in [9.17, 15) is 19.8 Å². The average molecular weight is 909 g/mol. The molecule has 0 fully saturated rings. The summed E-state index contributed by atoms with van der Waals surface area (Å²) in [7, 11) is 3.24. The van der Waals surface area contributed by atoms with Gasteiger partial charge in [0.05, 0.1) is 27.1 Å². The minimum absolute atomic E-state index is 0.00803. The Bertz CT molecular complexity index is 2310. The van der Waals surface area contributed by atoms with Gasteiger partial charge in [-0.25, -0.2) is 9.97 Å². The van der Waals surface area contributed by atoms with Crippen molar-refractivity contribution in [2.75, 3.05) is 36.3 Å². The number of aromatic nitrogens is 12. The molecule has 0 saturated carbocycles. The van der Waals surface area contributed by atoms with Gasteiger partial charge in [-0.1, -0.05) is 74.2 Å². The van der Waals surface area contributed by atoms with Crippen molar-refractivity contribution in [1.82, 2.24) is 61.2 Å². The highest BCUT2D eigenvalue weighted by Gasteiger charge is 2.22. The number of H-pyrrole nitrogens is 2. The molecule has 0 spiro atoms. The minimum atomic E-state index is -0.861. The van der Waals surface area contributed by atoms with Crippen LogP contribution in [0.15, 0.2) is 36.4 Å². The maximum Gasteiger partial charge on any atom is 0.305 e. The van der Waals surface area contributed by atoms with E-state index in [4.69, 9.17) is 20.9 Å². The number of tetrazole rings is 2. The number of aliphatic carboxylic acids is 2. The normalized spacial score (nSPS) is 11.8. The lowest BCUT2D eigenvalue weighted by Crippen LogP contribution is -2.25. The molecule has 22 heteroatoms. The van der Waals surface area contributed by atoms with Crippen molar-refractivity contribution in [1.29, 1.82) is 0 Å². The summed E-state index contributed by atoms with van der Waals surface area (Å²) >= 11 is 0. The quantitative estimate of drug-likeness (QED) is 0.0394. The summed E-state index contributed by atoms with van der Waals surface area (Å²) in [5.74, 6) is 2.28. The number of nitrogen functional groups attached to an aromatic ring is 2. The van der Waals surface area contributed by atoms with Crippen LogP contribution >= 0.6 is 0 Å². The topological polar surface area (TPSA) is 330 Å². The first-order valence-corrected chi connectivity index (χ1v) is 21.8. The Labute approximate surface area is 382 Å². The van der Waals surface area contributed by atoms with E-state index in [2.05, 4.69) is 85.7 Å². The molecule has 4 heterocycles. The monoisotopic (exact) mass is 908 g/mol. The zero-order valence-electron chi connectivity index (χ0n) is 38.3. The molecule has 352 valence electrons. The van der Waals surface area contributed by atoms with E-state index >= 15 is 0 Å². The fraction of sp³-hybridized carbons (Fsp3) is 0.455. The van der Waals surface area contributed by atoms with Crippen LogP contribution in [0, 0.1) is 13.8 Å². The number of hydrogen-bond donors (Lipinski definition) is 8. The van der Waals surface area contributed by atoms with Gasteiger partial charge in [-0.3, -0.25) is 9.59 Å². The number of anilines is 4. The Morgan fingerprint density at radius 3 is 1.39 bits per heavy atom.